The quantitative estimate of drug-likeness (QED) is 0.0230. The number of esters is 1. The third-order valence-electron chi connectivity index (χ3n) is 9.33. The van der Waals surface area contributed by atoms with Gasteiger partial charge in [0.25, 0.3) is 0 Å². The molecule has 5 rings (SSSR count). The van der Waals surface area contributed by atoms with Gasteiger partial charge in [-0.1, -0.05) is 60.7 Å². The predicted octanol–water partition coefficient (Wildman–Crippen LogP) is 10.5. The number of ether oxygens (including phenoxy) is 9. The van der Waals surface area contributed by atoms with E-state index in [1.165, 1.54) is 18.2 Å². The van der Waals surface area contributed by atoms with Crippen molar-refractivity contribution in [2.75, 3.05) is 62.3 Å². The number of benzene rings is 5. The summed E-state index contributed by atoms with van der Waals surface area (Å²) in [5, 5.41) is 0. The molecule has 0 heterocycles. The zero-order valence-electron chi connectivity index (χ0n) is 35.7. The molecule has 0 aliphatic rings. The third-order valence-corrected chi connectivity index (χ3v) is 10.4. The van der Waals surface area contributed by atoms with Crippen LogP contribution in [0.3, 0.4) is 0 Å². The summed E-state index contributed by atoms with van der Waals surface area (Å²) in [4.78, 5) is 13.9. The van der Waals surface area contributed by atoms with Crippen LogP contribution in [0.5, 0.6) is 23.0 Å². The molecule has 0 bridgehead atoms. The van der Waals surface area contributed by atoms with Gasteiger partial charge in [-0.3, -0.25) is 0 Å². The first-order valence-electron chi connectivity index (χ1n) is 20.1. The molecule has 0 atom stereocenters. The molecule has 60 heavy (non-hydrogen) atoms. The van der Waals surface area contributed by atoms with Crippen molar-refractivity contribution in [1.82, 2.24) is 0 Å². The van der Waals surface area contributed by atoms with E-state index in [0.29, 0.717) is 36.9 Å². The maximum absolute atomic E-state index is 12.8. The van der Waals surface area contributed by atoms with E-state index in [-0.39, 0.29) is 13.6 Å². The molecule has 0 saturated carbocycles. The highest BCUT2D eigenvalue weighted by atomic mass is 32.2. The van der Waals surface area contributed by atoms with E-state index in [4.69, 9.17) is 42.6 Å². The normalized spacial score (nSPS) is 10.7. The second-order valence-electron chi connectivity index (χ2n) is 13.6. The summed E-state index contributed by atoms with van der Waals surface area (Å²) in [7, 11) is 7.89. The fourth-order valence-corrected chi connectivity index (χ4v) is 7.06. The van der Waals surface area contributed by atoms with Gasteiger partial charge in [0.05, 0.1) is 34.5 Å². The number of aryl methyl sites for hydroxylation is 2. The molecular weight excluding hydrogens is 781 g/mol. The van der Waals surface area contributed by atoms with Gasteiger partial charge in [-0.2, -0.15) is 0 Å². The molecule has 0 amide bonds. The summed E-state index contributed by atoms with van der Waals surface area (Å²) in [6.07, 6.45) is 5.89. The van der Waals surface area contributed by atoms with Crippen molar-refractivity contribution < 1.29 is 47.4 Å². The molecule has 11 heteroatoms. The highest BCUT2D eigenvalue weighted by Crippen LogP contribution is 2.33. The predicted molar refractivity (Wildman–Crippen MR) is 236 cm³/mol. The molecule has 5 aromatic rings. The first kappa shape index (κ1) is 47.6. The fraction of sp³-hybridized carbons (Fsp3) is 0.367. The maximum Gasteiger partial charge on any atom is 0.341 e. The Hall–Kier alpha value is -5.04. The van der Waals surface area contributed by atoms with Crippen LogP contribution in [0.1, 0.15) is 63.9 Å². The third kappa shape index (κ3) is 17.3. The lowest BCUT2D eigenvalue weighted by Gasteiger charge is -2.18. The number of hydrogen-bond donors (Lipinski definition) is 0. The highest BCUT2D eigenvalue weighted by Gasteiger charge is 2.22. The van der Waals surface area contributed by atoms with Crippen LogP contribution in [0.15, 0.2) is 120 Å². The van der Waals surface area contributed by atoms with Crippen LogP contribution in [0.4, 0.5) is 0 Å². The van der Waals surface area contributed by atoms with E-state index >= 15 is 0 Å². The SMILES string of the molecule is COCOc1ccc(CCCCOCc2ccc(OC)cc2)c(CSc2ccccc2)c1C(=O)OC.COCOc1ccc(CCCCOCc2ccc(OC)cc2)cc1. The molecule has 0 fully saturated rings. The van der Waals surface area contributed by atoms with E-state index in [2.05, 4.69) is 24.3 Å². The fourth-order valence-electron chi connectivity index (χ4n) is 6.07. The molecule has 0 aliphatic heterocycles. The Kier molecular flexibility index (Phi) is 22.6. The summed E-state index contributed by atoms with van der Waals surface area (Å²) < 4.78 is 48.1. The first-order valence-corrected chi connectivity index (χ1v) is 21.1. The van der Waals surface area contributed by atoms with Crippen molar-refractivity contribution in [1.29, 1.82) is 0 Å². The Balaban J connectivity index is 0.000000287. The van der Waals surface area contributed by atoms with E-state index in [1.807, 2.05) is 91.0 Å². The summed E-state index contributed by atoms with van der Waals surface area (Å²) in [6, 6.07) is 38.0. The van der Waals surface area contributed by atoms with Crippen molar-refractivity contribution >= 4 is 17.7 Å². The summed E-state index contributed by atoms with van der Waals surface area (Å²) in [5.74, 6) is 3.24. The van der Waals surface area contributed by atoms with Crippen LogP contribution in [-0.4, -0.2) is 68.3 Å². The van der Waals surface area contributed by atoms with E-state index < -0.39 is 5.97 Å². The van der Waals surface area contributed by atoms with Crippen molar-refractivity contribution in [2.45, 2.75) is 62.4 Å². The van der Waals surface area contributed by atoms with E-state index in [0.717, 1.165) is 84.0 Å². The molecule has 0 N–H and O–H groups in total. The molecule has 0 saturated heterocycles. The Bertz CT molecular complexity index is 1900. The maximum atomic E-state index is 12.8. The van der Waals surface area contributed by atoms with E-state index in [9.17, 15) is 4.79 Å². The lowest BCUT2D eigenvalue weighted by Crippen LogP contribution is -2.12. The lowest BCUT2D eigenvalue weighted by molar-refractivity contribution is 0.0463. The van der Waals surface area contributed by atoms with Crippen molar-refractivity contribution in [3.8, 4) is 23.0 Å². The van der Waals surface area contributed by atoms with Crippen LogP contribution in [0.25, 0.3) is 0 Å². The number of unbranched alkanes of at least 4 members (excludes halogenated alkanes) is 2. The molecule has 5 aromatic carbocycles. The van der Waals surface area contributed by atoms with Gasteiger partial charge in [-0.25, -0.2) is 4.79 Å². The zero-order chi connectivity index (χ0) is 42.6. The molecule has 0 radical (unpaired) electrons. The van der Waals surface area contributed by atoms with Gasteiger partial charge in [0.15, 0.2) is 13.6 Å². The number of rotatable bonds is 26. The van der Waals surface area contributed by atoms with Crippen molar-refractivity contribution in [2.24, 2.45) is 0 Å². The monoisotopic (exact) mass is 840 g/mol. The Morgan fingerprint density at radius 1 is 0.533 bits per heavy atom. The second kappa shape index (κ2) is 28.4. The summed E-state index contributed by atoms with van der Waals surface area (Å²) >= 11 is 1.68. The Labute approximate surface area is 360 Å². The van der Waals surface area contributed by atoms with Gasteiger partial charge in [-0.15, -0.1) is 11.8 Å². The second-order valence-corrected chi connectivity index (χ2v) is 14.7. The average Bonchev–Trinajstić information content (AvgIpc) is 3.30. The molecule has 322 valence electrons. The summed E-state index contributed by atoms with van der Waals surface area (Å²) in [6.45, 7) is 3.00. The van der Waals surface area contributed by atoms with Crippen LogP contribution in [0, 0.1) is 0 Å². The van der Waals surface area contributed by atoms with E-state index in [1.54, 1.807) is 40.2 Å². The molecule has 10 nitrogen and oxygen atoms in total. The van der Waals surface area contributed by atoms with Crippen LogP contribution in [-0.2, 0) is 55.5 Å². The first-order chi connectivity index (χ1) is 29.5. The molecule has 0 aliphatic carbocycles. The van der Waals surface area contributed by atoms with Gasteiger partial charge < -0.3 is 42.6 Å². The molecule has 0 aromatic heterocycles. The zero-order valence-corrected chi connectivity index (χ0v) is 36.5. The average molecular weight is 841 g/mol. The largest absolute Gasteiger partial charge is 0.497 e. The van der Waals surface area contributed by atoms with Crippen molar-refractivity contribution in [3.05, 3.63) is 149 Å². The number of thioether (sulfide) groups is 1. The smallest absolute Gasteiger partial charge is 0.341 e. The van der Waals surface area contributed by atoms with Gasteiger partial charge in [0.2, 0.25) is 0 Å². The van der Waals surface area contributed by atoms with Crippen molar-refractivity contribution in [3.63, 3.8) is 0 Å². The van der Waals surface area contributed by atoms with Crippen LogP contribution < -0.4 is 18.9 Å². The van der Waals surface area contributed by atoms with Gasteiger partial charge in [0, 0.05) is 38.1 Å². The minimum absolute atomic E-state index is 0.0557. The number of carbonyl (C=O) groups is 1. The minimum Gasteiger partial charge on any atom is -0.497 e. The lowest BCUT2D eigenvalue weighted by atomic mass is 9.97. The minimum atomic E-state index is -0.408. The van der Waals surface area contributed by atoms with Gasteiger partial charge in [0.1, 0.15) is 28.6 Å². The number of methoxy groups -OCH3 is 5. The Morgan fingerprint density at radius 2 is 1.07 bits per heavy atom. The molecule has 0 unspecified atom stereocenters. The standard InChI is InChI=1S/C29H34O6S.C20H26O4/c1-31-21-35-27-17-14-23(9-7-8-18-34-19-22-12-15-24(32-2)16-13-22)26(28(27)29(30)33-3)20-36-25-10-5-4-6-11-25;1-21-16-24-20-12-6-17(7-13-20)5-3-4-14-23-15-18-8-10-19(22-2)11-9-18/h4-6,10-17H,7-9,18-21H2,1-3H3;6-13H,3-5,14-16H2,1-2H3. The van der Waals surface area contributed by atoms with Crippen LogP contribution >= 0.6 is 11.8 Å². The Morgan fingerprint density at radius 3 is 1.62 bits per heavy atom. The highest BCUT2D eigenvalue weighted by molar-refractivity contribution is 7.98. The molecule has 0 spiro atoms. The number of hydrogen-bond acceptors (Lipinski definition) is 11. The van der Waals surface area contributed by atoms with Crippen LogP contribution in [0.2, 0.25) is 0 Å². The number of carbonyl (C=O) groups excluding carboxylic acids is 1. The summed E-state index contributed by atoms with van der Waals surface area (Å²) in [5.41, 5.74) is 6.11. The van der Waals surface area contributed by atoms with Gasteiger partial charge in [-0.05, 0) is 121 Å². The topological polar surface area (TPSA) is 100 Å². The molecular formula is C49H60O10S. The van der Waals surface area contributed by atoms with Gasteiger partial charge >= 0.3 is 5.97 Å².